The van der Waals surface area contributed by atoms with Gasteiger partial charge in [0.2, 0.25) is 0 Å². The number of pyridine rings is 1. The lowest BCUT2D eigenvalue weighted by Crippen LogP contribution is -2.37. The third-order valence-corrected chi connectivity index (χ3v) is 4.28. The molecule has 25 heavy (non-hydrogen) atoms. The lowest BCUT2D eigenvalue weighted by molar-refractivity contribution is 0.204. The summed E-state index contributed by atoms with van der Waals surface area (Å²) in [4.78, 5) is 18.8. The van der Waals surface area contributed by atoms with Crippen LogP contribution in [0.5, 0.6) is 0 Å². The van der Waals surface area contributed by atoms with Crippen LogP contribution in [0.1, 0.15) is 37.1 Å². The average Bonchev–Trinajstić information content (AvgIpc) is 3.36. The van der Waals surface area contributed by atoms with Gasteiger partial charge in [0.15, 0.2) is 5.82 Å². The number of urea groups is 1. The first-order valence-electron chi connectivity index (χ1n) is 8.76. The molecule has 7 nitrogen and oxygen atoms in total. The van der Waals surface area contributed by atoms with E-state index < -0.39 is 0 Å². The summed E-state index contributed by atoms with van der Waals surface area (Å²) in [6.45, 7) is 4.77. The Labute approximate surface area is 147 Å². The third-order valence-electron chi connectivity index (χ3n) is 4.28. The Hall–Kier alpha value is -2.41. The molecule has 0 aliphatic heterocycles. The van der Waals surface area contributed by atoms with E-state index in [1.165, 1.54) is 0 Å². The number of hydrogen-bond donors (Lipinski definition) is 2. The largest absolute Gasteiger partial charge is 0.396 e. The lowest BCUT2D eigenvalue weighted by Gasteiger charge is -2.22. The van der Waals surface area contributed by atoms with Gasteiger partial charge in [0, 0.05) is 24.9 Å². The van der Waals surface area contributed by atoms with Crippen LogP contribution in [0.25, 0.3) is 5.82 Å². The van der Waals surface area contributed by atoms with E-state index in [9.17, 15) is 4.79 Å². The Morgan fingerprint density at radius 2 is 2.16 bits per heavy atom. The van der Waals surface area contributed by atoms with Crippen LogP contribution >= 0.6 is 0 Å². The van der Waals surface area contributed by atoms with Gasteiger partial charge in [-0.15, -0.1) is 0 Å². The molecule has 0 unspecified atom stereocenters. The zero-order chi connectivity index (χ0) is 17.8. The number of aromatic nitrogens is 3. The highest BCUT2D eigenvalue weighted by atomic mass is 16.3. The first kappa shape index (κ1) is 17.4. The van der Waals surface area contributed by atoms with E-state index in [0.29, 0.717) is 18.3 Å². The molecule has 1 aliphatic rings. The number of carbonyl (C=O) groups is 1. The molecule has 0 bridgehead atoms. The molecule has 0 atom stereocenters. The monoisotopic (exact) mass is 343 g/mol. The highest BCUT2D eigenvalue weighted by Gasteiger charge is 2.32. The standard InChI is InChI=1S/C18H25N5O2/c1-13-11-14(2)23(21-13)17-8-5-15(12-19-17)20-18(25)22(16-6-7-16)9-3-4-10-24/h5,8,11-12,16,24H,3-4,6-7,9-10H2,1-2H3,(H,20,25). The summed E-state index contributed by atoms with van der Waals surface area (Å²) in [7, 11) is 0. The first-order valence-corrected chi connectivity index (χ1v) is 8.76. The SMILES string of the molecule is Cc1cc(C)n(-c2ccc(NC(=O)N(CCCCO)C3CC3)cn2)n1. The topological polar surface area (TPSA) is 83.3 Å². The molecule has 7 heteroatoms. The number of anilines is 1. The summed E-state index contributed by atoms with van der Waals surface area (Å²) >= 11 is 0. The van der Waals surface area contributed by atoms with Gasteiger partial charge >= 0.3 is 6.03 Å². The molecule has 3 rings (SSSR count). The molecule has 2 heterocycles. The zero-order valence-corrected chi connectivity index (χ0v) is 14.8. The average molecular weight is 343 g/mol. The van der Waals surface area contributed by atoms with E-state index in [1.807, 2.05) is 36.9 Å². The number of unbranched alkanes of at least 4 members (excludes halogenated alkanes) is 1. The Bertz CT molecular complexity index is 722. The molecular weight excluding hydrogens is 318 g/mol. The van der Waals surface area contributed by atoms with Crippen LogP contribution < -0.4 is 5.32 Å². The van der Waals surface area contributed by atoms with Crippen LogP contribution in [-0.2, 0) is 0 Å². The maximum atomic E-state index is 12.5. The van der Waals surface area contributed by atoms with Crippen LogP contribution in [0.4, 0.5) is 10.5 Å². The second-order valence-corrected chi connectivity index (χ2v) is 6.53. The molecule has 2 aromatic rings. The van der Waals surface area contributed by atoms with Gasteiger partial charge < -0.3 is 15.3 Å². The Morgan fingerprint density at radius 1 is 1.36 bits per heavy atom. The lowest BCUT2D eigenvalue weighted by atomic mass is 10.3. The number of carbonyl (C=O) groups excluding carboxylic acids is 1. The summed E-state index contributed by atoms with van der Waals surface area (Å²) < 4.78 is 1.78. The van der Waals surface area contributed by atoms with Crippen molar-refractivity contribution in [1.82, 2.24) is 19.7 Å². The maximum Gasteiger partial charge on any atom is 0.322 e. The zero-order valence-electron chi connectivity index (χ0n) is 14.8. The molecule has 0 aromatic carbocycles. The van der Waals surface area contributed by atoms with Crippen molar-refractivity contribution in [3.8, 4) is 5.82 Å². The highest BCUT2D eigenvalue weighted by molar-refractivity contribution is 5.89. The number of rotatable bonds is 7. The van der Waals surface area contributed by atoms with Crippen molar-refractivity contribution < 1.29 is 9.90 Å². The molecule has 1 fully saturated rings. The summed E-state index contributed by atoms with van der Waals surface area (Å²) in [5.41, 5.74) is 2.63. The number of nitrogens with one attached hydrogen (secondary N) is 1. The molecule has 2 N–H and O–H groups in total. The summed E-state index contributed by atoms with van der Waals surface area (Å²) in [6.07, 6.45) is 5.30. The number of amides is 2. The molecule has 1 aliphatic carbocycles. The molecule has 1 saturated carbocycles. The fourth-order valence-electron chi connectivity index (χ4n) is 2.87. The van der Waals surface area contributed by atoms with E-state index >= 15 is 0 Å². The Kier molecular flexibility index (Phi) is 5.33. The van der Waals surface area contributed by atoms with E-state index in [0.717, 1.165) is 42.9 Å². The second-order valence-electron chi connectivity index (χ2n) is 6.53. The number of nitrogens with zero attached hydrogens (tertiary/aromatic N) is 4. The molecule has 0 saturated heterocycles. The fourth-order valence-corrected chi connectivity index (χ4v) is 2.87. The first-order chi connectivity index (χ1) is 12.1. The predicted molar refractivity (Wildman–Crippen MR) is 95.9 cm³/mol. The van der Waals surface area contributed by atoms with Gasteiger partial charge in [-0.25, -0.2) is 14.5 Å². The van der Waals surface area contributed by atoms with Gasteiger partial charge in [-0.05, 0) is 57.7 Å². The van der Waals surface area contributed by atoms with Crippen molar-refractivity contribution in [1.29, 1.82) is 0 Å². The van der Waals surface area contributed by atoms with E-state index in [4.69, 9.17) is 5.11 Å². The van der Waals surface area contributed by atoms with Crippen LogP contribution in [0.2, 0.25) is 0 Å². The van der Waals surface area contributed by atoms with Gasteiger partial charge in [0.05, 0.1) is 17.6 Å². The fraction of sp³-hybridized carbons (Fsp3) is 0.500. The van der Waals surface area contributed by atoms with Crippen molar-refractivity contribution >= 4 is 11.7 Å². The third kappa shape index (κ3) is 4.36. The predicted octanol–water partition coefficient (Wildman–Crippen LogP) is 2.65. The van der Waals surface area contributed by atoms with E-state index in [2.05, 4.69) is 15.4 Å². The van der Waals surface area contributed by atoms with Gasteiger partial charge in [-0.1, -0.05) is 0 Å². The quantitative estimate of drug-likeness (QED) is 0.757. The smallest absolute Gasteiger partial charge is 0.322 e. The van der Waals surface area contributed by atoms with Gasteiger partial charge in [0.25, 0.3) is 0 Å². The Balaban J connectivity index is 1.64. The van der Waals surface area contributed by atoms with Crippen molar-refractivity contribution in [2.75, 3.05) is 18.5 Å². The minimum atomic E-state index is -0.0962. The van der Waals surface area contributed by atoms with E-state index in [1.54, 1.807) is 10.9 Å². The van der Waals surface area contributed by atoms with Crippen LogP contribution in [-0.4, -0.2) is 50.0 Å². The summed E-state index contributed by atoms with van der Waals surface area (Å²) in [5.74, 6) is 0.727. The summed E-state index contributed by atoms with van der Waals surface area (Å²) in [6, 6.07) is 5.93. The number of hydrogen-bond acceptors (Lipinski definition) is 4. The van der Waals surface area contributed by atoms with Crippen molar-refractivity contribution in [2.45, 2.75) is 45.6 Å². The molecular formula is C18H25N5O2. The van der Waals surface area contributed by atoms with E-state index in [-0.39, 0.29) is 12.6 Å². The van der Waals surface area contributed by atoms with Crippen LogP contribution in [0, 0.1) is 13.8 Å². The second kappa shape index (κ2) is 7.65. The van der Waals surface area contributed by atoms with Crippen LogP contribution in [0.3, 0.4) is 0 Å². The molecule has 2 aromatic heterocycles. The molecule has 2 amide bonds. The van der Waals surface area contributed by atoms with Crippen molar-refractivity contribution in [3.05, 3.63) is 35.8 Å². The minimum Gasteiger partial charge on any atom is -0.396 e. The van der Waals surface area contributed by atoms with Gasteiger partial charge in [0.1, 0.15) is 0 Å². The van der Waals surface area contributed by atoms with Crippen molar-refractivity contribution in [2.24, 2.45) is 0 Å². The normalized spacial score (nSPS) is 13.7. The van der Waals surface area contributed by atoms with Gasteiger partial charge in [-0.2, -0.15) is 5.10 Å². The Morgan fingerprint density at radius 3 is 2.72 bits per heavy atom. The van der Waals surface area contributed by atoms with Crippen molar-refractivity contribution in [3.63, 3.8) is 0 Å². The summed E-state index contributed by atoms with van der Waals surface area (Å²) in [5, 5.41) is 16.2. The maximum absolute atomic E-state index is 12.5. The molecule has 134 valence electrons. The number of aliphatic hydroxyl groups excluding tert-OH is 1. The molecule has 0 radical (unpaired) electrons. The highest BCUT2D eigenvalue weighted by Crippen LogP contribution is 2.27. The van der Waals surface area contributed by atoms with Crippen LogP contribution in [0.15, 0.2) is 24.4 Å². The number of aryl methyl sites for hydroxylation is 2. The minimum absolute atomic E-state index is 0.0962. The molecule has 0 spiro atoms. The van der Waals surface area contributed by atoms with Gasteiger partial charge in [-0.3, -0.25) is 0 Å². The number of aliphatic hydroxyl groups is 1.